The number of methoxy groups -OCH3 is 2. The Hall–Kier alpha value is -2.87. The molecule has 169 valence electrons. The minimum absolute atomic E-state index is 0.652. The average Bonchev–Trinajstić information content (AvgIpc) is 2.83. The van der Waals surface area contributed by atoms with Crippen LogP contribution in [0.25, 0.3) is 0 Å². The zero-order valence-electron chi connectivity index (χ0n) is 18.5. The van der Waals surface area contributed by atoms with E-state index in [9.17, 15) is 13.5 Å². The van der Waals surface area contributed by atoms with E-state index in [0.29, 0.717) is 22.6 Å². The molecule has 0 aliphatic carbocycles. The minimum atomic E-state index is -4.09. The summed E-state index contributed by atoms with van der Waals surface area (Å²) in [7, 11) is -0.941. The summed E-state index contributed by atoms with van der Waals surface area (Å²) < 4.78 is 42.4. The number of rotatable bonds is 9. The van der Waals surface area contributed by atoms with Gasteiger partial charge in [-0.05, 0) is 54.8 Å². The van der Waals surface area contributed by atoms with Crippen molar-refractivity contribution in [1.82, 2.24) is 0 Å². The van der Waals surface area contributed by atoms with E-state index in [2.05, 4.69) is 0 Å². The van der Waals surface area contributed by atoms with Gasteiger partial charge in [0, 0.05) is 0 Å². The van der Waals surface area contributed by atoms with Crippen molar-refractivity contribution in [3.63, 3.8) is 0 Å². The summed E-state index contributed by atoms with van der Waals surface area (Å²) in [6.45, 7) is 2.51. The maximum atomic E-state index is 12.7. The molecule has 0 saturated heterocycles. The summed E-state index contributed by atoms with van der Waals surface area (Å²) in [4.78, 5) is 0. The Morgan fingerprint density at radius 3 is 1.47 bits per heavy atom. The molecule has 6 nitrogen and oxygen atoms in total. The van der Waals surface area contributed by atoms with Gasteiger partial charge in [0.05, 0.1) is 14.2 Å². The molecule has 0 saturated carbocycles. The Morgan fingerprint density at radius 1 is 0.688 bits per heavy atom. The molecule has 3 aromatic rings. The highest BCUT2D eigenvalue weighted by Gasteiger charge is 2.43. The van der Waals surface area contributed by atoms with Crippen LogP contribution in [-0.2, 0) is 25.3 Å². The Kier molecular flexibility index (Phi) is 7.23. The second-order valence-electron chi connectivity index (χ2n) is 7.35. The molecule has 2 atom stereocenters. The lowest BCUT2D eigenvalue weighted by Crippen LogP contribution is -2.40. The Labute approximate surface area is 189 Å². The first-order chi connectivity index (χ1) is 15.3. The summed E-state index contributed by atoms with van der Waals surface area (Å²) in [5.41, 5.74) is -2.39. The van der Waals surface area contributed by atoms with Gasteiger partial charge in [-0.1, -0.05) is 54.6 Å². The van der Waals surface area contributed by atoms with E-state index in [1.807, 2.05) is 54.6 Å². The highest BCUT2D eigenvalue weighted by Crippen LogP contribution is 2.43. The first kappa shape index (κ1) is 23.8. The van der Waals surface area contributed by atoms with E-state index in [-0.39, 0.29) is 0 Å². The fraction of sp³-hybridized carbons (Fsp3) is 0.280. The van der Waals surface area contributed by atoms with Crippen molar-refractivity contribution in [1.29, 1.82) is 0 Å². The lowest BCUT2D eigenvalue weighted by molar-refractivity contribution is -0.00378. The summed E-state index contributed by atoms with van der Waals surface area (Å²) in [5, 5.41) is 12.0. The highest BCUT2D eigenvalue weighted by molar-refractivity contribution is 7.92. The van der Waals surface area contributed by atoms with E-state index in [0.717, 1.165) is 12.5 Å². The molecular formula is C25H27O6S. The van der Waals surface area contributed by atoms with E-state index < -0.39 is 26.3 Å². The molecule has 7 heteroatoms. The highest BCUT2D eigenvalue weighted by atomic mass is 32.2. The number of ether oxygens (including phenoxy) is 3. The Morgan fingerprint density at radius 2 is 1.09 bits per heavy atom. The van der Waals surface area contributed by atoms with Crippen LogP contribution in [0.3, 0.4) is 0 Å². The van der Waals surface area contributed by atoms with Crippen LogP contribution < -0.4 is 9.47 Å². The van der Waals surface area contributed by atoms with Gasteiger partial charge in [-0.25, -0.2) is 13.5 Å². The van der Waals surface area contributed by atoms with Crippen molar-refractivity contribution < 1.29 is 27.7 Å². The summed E-state index contributed by atoms with van der Waals surface area (Å²) in [5.74, 6) is 1.30. The van der Waals surface area contributed by atoms with E-state index in [4.69, 9.17) is 14.2 Å². The van der Waals surface area contributed by atoms with Crippen molar-refractivity contribution in [2.75, 3.05) is 14.2 Å². The predicted octanol–water partition coefficient (Wildman–Crippen LogP) is 4.55. The Bertz CT molecular complexity index is 1060. The molecule has 2 unspecified atom stereocenters. The molecule has 0 aliphatic rings. The van der Waals surface area contributed by atoms with Crippen molar-refractivity contribution in [3.05, 3.63) is 95.6 Å². The quantitative estimate of drug-likeness (QED) is 0.442. The second-order valence-corrected chi connectivity index (χ2v) is 9.85. The van der Waals surface area contributed by atoms with Crippen LogP contribution in [0.1, 0.15) is 30.5 Å². The minimum Gasteiger partial charge on any atom is -0.497 e. The largest absolute Gasteiger partial charge is 0.497 e. The van der Waals surface area contributed by atoms with Crippen LogP contribution >= 0.6 is 0 Å². The molecule has 0 N–H and O–H groups in total. The standard InChI is InChI=1S/C25H27O6S/c1-18(26)32(27,28)19(2)31-25(20-8-6-5-7-9-20,21-10-14-23(29-3)15-11-21)22-12-16-24(30-4)17-13-22/h5-19H,1-4H3. The van der Waals surface area contributed by atoms with Gasteiger partial charge in [0.2, 0.25) is 9.84 Å². The molecule has 0 fully saturated rings. The molecule has 1 radical (unpaired) electrons. The number of hydrogen-bond acceptors (Lipinski definition) is 5. The second kappa shape index (κ2) is 9.73. The van der Waals surface area contributed by atoms with Crippen molar-refractivity contribution in [2.24, 2.45) is 0 Å². The van der Waals surface area contributed by atoms with E-state index in [1.54, 1.807) is 38.5 Å². The van der Waals surface area contributed by atoms with Crippen LogP contribution in [0.2, 0.25) is 0 Å². The summed E-state index contributed by atoms with van der Waals surface area (Å²) >= 11 is 0. The van der Waals surface area contributed by atoms with Crippen LogP contribution in [0.5, 0.6) is 11.5 Å². The third kappa shape index (κ3) is 4.50. The molecule has 32 heavy (non-hydrogen) atoms. The molecule has 0 amide bonds. The topological polar surface area (TPSA) is 81.7 Å². The normalized spacial score (nSPS) is 13.9. The average molecular weight is 456 g/mol. The van der Waals surface area contributed by atoms with Gasteiger partial charge in [0.25, 0.3) is 0 Å². The fourth-order valence-corrected chi connectivity index (χ4v) is 4.43. The molecule has 3 aromatic carbocycles. The molecule has 0 aromatic heterocycles. The summed E-state index contributed by atoms with van der Waals surface area (Å²) in [6.07, 6.45) is 0. The van der Waals surface area contributed by atoms with Crippen LogP contribution in [-0.4, -0.2) is 33.5 Å². The Balaban J connectivity index is 2.30. The first-order valence-electron chi connectivity index (χ1n) is 10.2. The zero-order chi connectivity index (χ0) is 23.4. The van der Waals surface area contributed by atoms with Gasteiger partial charge in [-0.2, -0.15) is 0 Å². The van der Waals surface area contributed by atoms with E-state index >= 15 is 0 Å². The number of hydrogen-bond donors (Lipinski definition) is 0. The maximum Gasteiger partial charge on any atom is 0.206 e. The van der Waals surface area contributed by atoms with Gasteiger partial charge < -0.3 is 14.2 Å². The van der Waals surface area contributed by atoms with Crippen LogP contribution in [0, 0.1) is 0 Å². The predicted molar refractivity (Wildman–Crippen MR) is 122 cm³/mol. The molecular weight excluding hydrogens is 428 g/mol. The van der Waals surface area contributed by atoms with Gasteiger partial charge >= 0.3 is 0 Å². The maximum absolute atomic E-state index is 12.7. The van der Waals surface area contributed by atoms with Crippen LogP contribution in [0.4, 0.5) is 0 Å². The third-order valence-corrected chi connectivity index (χ3v) is 7.39. The monoisotopic (exact) mass is 455 g/mol. The number of benzene rings is 3. The lowest BCUT2D eigenvalue weighted by Gasteiger charge is -2.38. The van der Waals surface area contributed by atoms with Crippen molar-refractivity contribution in [3.8, 4) is 11.5 Å². The molecule has 3 rings (SSSR count). The van der Waals surface area contributed by atoms with Gasteiger partial charge in [-0.3, -0.25) is 0 Å². The van der Waals surface area contributed by atoms with E-state index in [1.165, 1.54) is 6.92 Å². The first-order valence-corrected chi connectivity index (χ1v) is 11.8. The van der Waals surface area contributed by atoms with Gasteiger partial charge in [0.15, 0.2) is 10.9 Å². The van der Waals surface area contributed by atoms with Gasteiger partial charge in [0.1, 0.15) is 17.1 Å². The third-order valence-electron chi connectivity index (χ3n) is 5.44. The van der Waals surface area contributed by atoms with Crippen LogP contribution in [0.15, 0.2) is 78.9 Å². The molecule has 0 bridgehead atoms. The fourth-order valence-electron chi connectivity index (χ4n) is 3.61. The number of sulfone groups is 1. The zero-order valence-corrected chi connectivity index (χ0v) is 19.3. The summed E-state index contributed by atoms with van der Waals surface area (Å²) in [6, 6.07) is 23.8. The van der Waals surface area contributed by atoms with Gasteiger partial charge in [-0.15, -0.1) is 0 Å². The molecule has 0 spiro atoms. The van der Waals surface area contributed by atoms with Crippen molar-refractivity contribution >= 4 is 9.84 Å². The lowest BCUT2D eigenvalue weighted by atomic mass is 9.80. The smallest absolute Gasteiger partial charge is 0.206 e. The SMILES string of the molecule is COc1ccc(C(OC(C)S(=O)(=O)C(C)[O])(c2ccccc2)c2ccc(OC)cc2)cc1. The molecule has 0 heterocycles. The molecule has 0 aliphatic heterocycles. The van der Waals surface area contributed by atoms with Crippen molar-refractivity contribution in [2.45, 2.75) is 30.3 Å².